The summed E-state index contributed by atoms with van der Waals surface area (Å²) in [6.45, 7) is 0. The van der Waals surface area contributed by atoms with Gasteiger partial charge in [0.05, 0.1) is 0 Å². The fourth-order valence-corrected chi connectivity index (χ4v) is 3.09. The molecular weight excluding hydrogens is 304 g/mol. The zero-order valence-electron chi connectivity index (χ0n) is 11.3. The predicted molar refractivity (Wildman–Crippen MR) is 82.2 cm³/mol. The zero-order valence-corrected chi connectivity index (χ0v) is 12.9. The van der Waals surface area contributed by atoms with Crippen molar-refractivity contribution in [1.82, 2.24) is 5.32 Å². The maximum Gasteiger partial charge on any atom is 0.224 e. The molecule has 0 atom stereocenters. The number of hydrogen-bond donors (Lipinski definition) is 2. The second-order valence-corrected chi connectivity index (χ2v) is 6.18. The second-order valence-electron chi connectivity index (χ2n) is 5.27. The van der Waals surface area contributed by atoms with E-state index in [0.29, 0.717) is 18.4 Å². The molecule has 0 spiro atoms. The molecule has 0 bridgehead atoms. The molecule has 1 aromatic rings. The highest BCUT2D eigenvalue weighted by Crippen LogP contribution is 2.27. The highest BCUT2D eigenvalue weighted by Gasteiger charge is 2.22. The van der Waals surface area contributed by atoms with E-state index in [-0.39, 0.29) is 5.91 Å². The molecule has 1 amide bonds. The molecule has 1 aliphatic rings. The third kappa shape index (κ3) is 4.62. The van der Waals surface area contributed by atoms with E-state index in [4.69, 9.17) is 0 Å². The Labute approximate surface area is 123 Å². The number of anilines is 1. The minimum atomic E-state index is 0.131. The Kier molecular flexibility index (Phi) is 5.40. The number of carbonyl (C=O) groups excluding carboxylic acids is 1. The van der Waals surface area contributed by atoms with E-state index in [1.54, 1.807) is 0 Å². The summed E-state index contributed by atoms with van der Waals surface area (Å²) in [5.74, 6) is 0.669. The van der Waals surface area contributed by atoms with Crippen LogP contribution in [0.5, 0.6) is 0 Å². The minimum Gasteiger partial charge on any atom is -0.326 e. The van der Waals surface area contributed by atoms with E-state index in [9.17, 15) is 4.79 Å². The molecule has 2 N–H and O–H groups in total. The number of hydrogen-bond acceptors (Lipinski definition) is 2. The van der Waals surface area contributed by atoms with Gasteiger partial charge < -0.3 is 10.6 Å². The Balaban J connectivity index is 1.79. The van der Waals surface area contributed by atoms with Crippen molar-refractivity contribution in [3.63, 3.8) is 0 Å². The van der Waals surface area contributed by atoms with E-state index in [2.05, 4.69) is 26.6 Å². The number of carbonyl (C=O) groups is 1. The lowest BCUT2D eigenvalue weighted by molar-refractivity contribution is -0.117. The standard InChI is InChI=1S/C15H21BrN2O/c1-17-13-7-5-11(6-8-13)9-15(19)18-14-4-2-3-12(16)10-14/h2-4,10-11,13,17H,5-9H2,1H3,(H,18,19). The fourth-order valence-electron chi connectivity index (χ4n) is 2.70. The summed E-state index contributed by atoms with van der Waals surface area (Å²) in [4.78, 5) is 12.0. The molecule has 19 heavy (non-hydrogen) atoms. The van der Waals surface area contributed by atoms with Crippen molar-refractivity contribution < 1.29 is 4.79 Å². The molecule has 1 fully saturated rings. The normalized spacial score (nSPS) is 23.1. The van der Waals surface area contributed by atoms with Crippen LogP contribution in [0, 0.1) is 5.92 Å². The molecule has 0 saturated heterocycles. The summed E-state index contributed by atoms with van der Waals surface area (Å²) in [5, 5.41) is 6.29. The van der Waals surface area contributed by atoms with Crippen LogP contribution in [0.1, 0.15) is 32.1 Å². The summed E-state index contributed by atoms with van der Waals surface area (Å²) in [5.41, 5.74) is 0.864. The third-order valence-electron chi connectivity index (χ3n) is 3.84. The van der Waals surface area contributed by atoms with Crippen molar-refractivity contribution >= 4 is 27.5 Å². The van der Waals surface area contributed by atoms with E-state index >= 15 is 0 Å². The third-order valence-corrected chi connectivity index (χ3v) is 4.33. The quantitative estimate of drug-likeness (QED) is 0.889. The molecule has 4 heteroatoms. The lowest BCUT2D eigenvalue weighted by Gasteiger charge is -2.27. The molecule has 0 radical (unpaired) electrons. The van der Waals surface area contributed by atoms with E-state index < -0.39 is 0 Å². The average molecular weight is 325 g/mol. The number of amides is 1. The number of halogens is 1. The van der Waals surface area contributed by atoms with Crippen molar-refractivity contribution in [3.05, 3.63) is 28.7 Å². The maximum atomic E-state index is 12.0. The first kappa shape index (κ1) is 14.5. The monoisotopic (exact) mass is 324 g/mol. The molecule has 1 saturated carbocycles. The SMILES string of the molecule is CNC1CCC(CC(=O)Nc2cccc(Br)c2)CC1. The predicted octanol–water partition coefficient (Wildman–Crippen LogP) is 3.56. The van der Waals surface area contributed by atoms with Gasteiger partial charge in [0, 0.05) is 22.6 Å². The Morgan fingerprint density at radius 1 is 1.32 bits per heavy atom. The van der Waals surface area contributed by atoms with E-state index in [0.717, 1.165) is 23.0 Å². The van der Waals surface area contributed by atoms with Crippen LogP contribution < -0.4 is 10.6 Å². The van der Waals surface area contributed by atoms with Crippen LogP contribution in [0.25, 0.3) is 0 Å². The van der Waals surface area contributed by atoms with Gasteiger partial charge in [-0.2, -0.15) is 0 Å². The molecule has 2 rings (SSSR count). The van der Waals surface area contributed by atoms with Gasteiger partial charge in [-0.05, 0) is 56.8 Å². The largest absolute Gasteiger partial charge is 0.326 e. The summed E-state index contributed by atoms with van der Waals surface area (Å²) in [7, 11) is 2.02. The van der Waals surface area contributed by atoms with Crippen molar-refractivity contribution in [1.29, 1.82) is 0 Å². The molecule has 104 valence electrons. The van der Waals surface area contributed by atoms with Gasteiger partial charge in [-0.3, -0.25) is 4.79 Å². The van der Waals surface area contributed by atoms with Gasteiger partial charge in [-0.15, -0.1) is 0 Å². The van der Waals surface area contributed by atoms with Crippen molar-refractivity contribution in [2.24, 2.45) is 5.92 Å². The summed E-state index contributed by atoms with van der Waals surface area (Å²) < 4.78 is 0.986. The zero-order chi connectivity index (χ0) is 13.7. The lowest BCUT2D eigenvalue weighted by Crippen LogP contribution is -2.31. The Hall–Kier alpha value is -0.870. The van der Waals surface area contributed by atoms with E-state index in [1.165, 1.54) is 12.8 Å². The van der Waals surface area contributed by atoms with Crippen LogP contribution in [0.15, 0.2) is 28.7 Å². The molecule has 1 aromatic carbocycles. The van der Waals surface area contributed by atoms with Crippen LogP contribution in [0.4, 0.5) is 5.69 Å². The van der Waals surface area contributed by atoms with Gasteiger partial charge in [0.15, 0.2) is 0 Å². The van der Waals surface area contributed by atoms with Gasteiger partial charge in [0.1, 0.15) is 0 Å². The Morgan fingerprint density at radius 2 is 2.05 bits per heavy atom. The van der Waals surface area contributed by atoms with Crippen molar-refractivity contribution in [2.45, 2.75) is 38.1 Å². The molecule has 0 heterocycles. The molecule has 0 unspecified atom stereocenters. The Morgan fingerprint density at radius 3 is 2.68 bits per heavy atom. The first-order valence-corrected chi connectivity index (χ1v) is 7.69. The van der Waals surface area contributed by atoms with Crippen molar-refractivity contribution in [3.8, 4) is 0 Å². The molecule has 0 aliphatic heterocycles. The molecular formula is C15H21BrN2O. The first-order chi connectivity index (χ1) is 9.17. The molecule has 0 aromatic heterocycles. The van der Waals surface area contributed by atoms with Crippen LogP contribution in [0.2, 0.25) is 0 Å². The highest BCUT2D eigenvalue weighted by atomic mass is 79.9. The van der Waals surface area contributed by atoms with Gasteiger partial charge >= 0.3 is 0 Å². The van der Waals surface area contributed by atoms with E-state index in [1.807, 2.05) is 31.3 Å². The maximum absolute atomic E-state index is 12.0. The highest BCUT2D eigenvalue weighted by molar-refractivity contribution is 9.10. The first-order valence-electron chi connectivity index (χ1n) is 6.90. The fraction of sp³-hybridized carbons (Fsp3) is 0.533. The Bertz CT molecular complexity index is 428. The molecule has 3 nitrogen and oxygen atoms in total. The van der Waals surface area contributed by atoms with Crippen LogP contribution >= 0.6 is 15.9 Å². The average Bonchev–Trinajstić information content (AvgIpc) is 2.39. The van der Waals surface area contributed by atoms with Gasteiger partial charge in [-0.25, -0.2) is 0 Å². The topological polar surface area (TPSA) is 41.1 Å². The van der Waals surface area contributed by atoms with Crippen LogP contribution in [-0.4, -0.2) is 19.0 Å². The van der Waals surface area contributed by atoms with Crippen LogP contribution in [-0.2, 0) is 4.79 Å². The molecule has 1 aliphatic carbocycles. The lowest BCUT2D eigenvalue weighted by atomic mass is 9.84. The van der Waals surface area contributed by atoms with Gasteiger partial charge in [0.25, 0.3) is 0 Å². The summed E-state index contributed by atoms with van der Waals surface area (Å²) in [6.07, 6.45) is 5.31. The van der Waals surface area contributed by atoms with Gasteiger partial charge in [0.2, 0.25) is 5.91 Å². The number of nitrogens with one attached hydrogen (secondary N) is 2. The smallest absolute Gasteiger partial charge is 0.224 e. The number of rotatable bonds is 4. The second kappa shape index (κ2) is 7.06. The summed E-state index contributed by atoms with van der Waals surface area (Å²) >= 11 is 3.41. The summed E-state index contributed by atoms with van der Waals surface area (Å²) in [6, 6.07) is 8.37. The number of benzene rings is 1. The van der Waals surface area contributed by atoms with Crippen LogP contribution in [0.3, 0.4) is 0 Å². The van der Waals surface area contributed by atoms with Crippen molar-refractivity contribution in [2.75, 3.05) is 12.4 Å². The minimum absolute atomic E-state index is 0.131. The van der Waals surface area contributed by atoms with Gasteiger partial charge in [-0.1, -0.05) is 22.0 Å².